The first kappa shape index (κ1) is 15.9. The number of rotatable bonds is 4. The summed E-state index contributed by atoms with van der Waals surface area (Å²) >= 11 is 5.24. The number of aryl methyl sites for hydroxylation is 1. The molecule has 114 valence electrons. The van der Waals surface area contributed by atoms with E-state index in [4.69, 9.17) is 18.0 Å². The maximum absolute atomic E-state index is 12.5. The zero-order valence-electron chi connectivity index (χ0n) is 12.7. The first-order valence-corrected chi connectivity index (χ1v) is 7.92. The van der Waals surface area contributed by atoms with Gasteiger partial charge in [0, 0.05) is 12.4 Å². The third-order valence-corrected chi connectivity index (χ3v) is 4.89. The average molecular weight is 305 g/mol. The summed E-state index contributed by atoms with van der Waals surface area (Å²) < 4.78 is 0. The SMILES string of the molecule is CCC1CCC(NC(=O)c2cncc(C)c2)(C(N)=S)CC1. The molecule has 1 aromatic heterocycles. The number of hydrogen-bond donors (Lipinski definition) is 2. The summed E-state index contributed by atoms with van der Waals surface area (Å²) in [6, 6.07) is 1.83. The number of pyridine rings is 1. The van der Waals surface area contributed by atoms with Gasteiger partial charge in [0.25, 0.3) is 5.91 Å². The maximum Gasteiger partial charge on any atom is 0.253 e. The van der Waals surface area contributed by atoms with Crippen LogP contribution in [0.5, 0.6) is 0 Å². The van der Waals surface area contributed by atoms with E-state index < -0.39 is 5.54 Å². The molecule has 1 aliphatic carbocycles. The van der Waals surface area contributed by atoms with E-state index in [1.165, 1.54) is 6.42 Å². The van der Waals surface area contributed by atoms with Crippen molar-refractivity contribution in [1.29, 1.82) is 0 Å². The summed E-state index contributed by atoms with van der Waals surface area (Å²) in [7, 11) is 0. The normalized spacial score (nSPS) is 25.3. The molecule has 1 fully saturated rings. The van der Waals surface area contributed by atoms with Crippen LogP contribution in [0.1, 0.15) is 54.9 Å². The number of nitrogens with one attached hydrogen (secondary N) is 1. The Balaban J connectivity index is 2.14. The van der Waals surface area contributed by atoms with Crippen LogP contribution in [-0.4, -0.2) is 21.4 Å². The fourth-order valence-corrected chi connectivity index (χ4v) is 3.24. The minimum absolute atomic E-state index is 0.144. The molecule has 2 rings (SSSR count). The maximum atomic E-state index is 12.5. The Hall–Kier alpha value is -1.49. The molecule has 5 heteroatoms. The zero-order chi connectivity index (χ0) is 15.5. The molecule has 0 saturated heterocycles. The van der Waals surface area contributed by atoms with Crippen LogP contribution in [0.15, 0.2) is 18.5 Å². The van der Waals surface area contributed by atoms with Gasteiger partial charge in [0.05, 0.1) is 16.1 Å². The Kier molecular flexibility index (Phi) is 4.93. The number of amides is 1. The van der Waals surface area contributed by atoms with E-state index in [0.29, 0.717) is 16.5 Å². The van der Waals surface area contributed by atoms with Crippen molar-refractivity contribution in [2.45, 2.75) is 51.5 Å². The molecule has 0 radical (unpaired) electrons. The topological polar surface area (TPSA) is 68.0 Å². The molecule has 0 atom stereocenters. The lowest BCUT2D eigenvalue weighted by atomic mass is 9.75. The Morgan fingerprint density at radius 1 is 1.48 bits per heavy atom. The van der Waals surface area contributed by atoms with E-state index in [0.717, 1.165) is 31.2 Å². The van der Waals surface area contributed by atoms with Crippen molar-refractivity contribution in [3.8, 4) is 0 Å². The Morgan fingerprint density at radius 2 is 2.14 bits per heavy atom. The van der Waals surface area contributed by atoms with Crippen molar-refractivity contribution in [1.82, 2.24) is 10.3 Å². The number of nitrogens with two attached hydrogens (primary N) is 1. The van der Waals surface area contributed by atoms with Gasteiger partial charge in [0.1, 0.15) is 0 Å². The van der Waals surface area contributed by atoms with E-state index in [-0.39, 0.29) is 5.91 Å². The summed E-state index contributed by atoms with van der Waals surface area (Å²) in [4.78, 5) is 16.9. The van der Waals surface area contributed by atoms with E-state index in [9.17, 15) is 4.79 Å². The third kappa shape index (κ3) is 3.59. The molecular weight excluding hydrogens is 282 g/mol. The molecule has 1 amide bonds. The molecule has 1 heterocycles. The molecule has 3 N–H and O–H groups in total. The molecule has 1 aliphatic rings. The highest BCUT2D eigenvalue weighted by Gasteiger charge is 2.39. The van der Waals surface area contributed by atoms with Crippen molar-refractivity contribution < 1.29 is 4.79 Å². The molecule has 1 saturated carbocycles. The second-order valence-corrected chi connectivity index (χ2v) is 6.44. The predicted molar refractivity (Wildman–Crippen MR) is 88.2 cm³/mol. The van der Waals surface area contributed by atoms with Gasteiger partial charge in [-0.2, -0.15) is 0 Å². The van der Waals surface area contributed by atoms with E-state index in [1.54, 1.807) is 12.4 Å². The number of nitrogens with zero attached hydrogens (tertiary/aromatic N) is 1. The minimum atomic E-state index is -0.540. The van der Waals surface area contributed by atoms with Crippen LogP contribution in [0.2, 0.25) is 0 Å². The first-order valence-electron chi connectivity index (χ1n) is 7.51. The molecule has 21 heavy (non-hydrogen) atoms. The highest BCUT2D eigenvalue weighted by Crippen LogP contribution is 2.34. The number of hydrogen-bond acceptors (Lipinski definition) is 3. The van der Waals surface area contributed by atoms with Crippen LogP contribution in [0.4, 0.5) is 0 Å². The van der Waals surface area contributed by atoms with Crippen LogP contribution in [0.3, 0.4) is 0 Å². The Labute approximate surface area is 131 Å². The van der Waals surface area contributed by atoms with Crippen LogP contribution in [0.25, 0.3) is 0 Å². The van der Waals surface area contributed by atoms with Crippen molar-refractivity contribution in [3.63, 3.8) is 0 Å². The second-order valence-electron chi connectivity index (χ2n) is 6.00. The molecule has 4 nitrogen and oxygen atoms in total. The number of carbonyl (C=O) groups is 1. The van der Waals surface area contributed by atoms with Gasteiger partial charge in [-0.1, -0.05) is 25.6 Å². The van der Waals surface area contributed by atoms with Crippen LogP contribution >= 0.6 is 12.2 Å². The predicted octanol–water partition coefficient (Wildman–Crippen LogP) is 2.74. The molecule has 0 aromatic carbocycles. The van der Waals surface area contributed by atoms with Crippen molar-refractivity contribution in [2.24, 2.45) is 11.7 Å². The Bertz CT molecular complexity index is 536. The number of thiocarbonyl (C=S) groups is 1. The summed E-state index contributed by atoms with van der Waals surface area (Å²) in [6.07, 6.45) is 8.24. The smallest absolute Gasteiger partial charge is 0.253 e. The van der Waals surface area contributed by atoms with Crippen LogP contribution in [-0.2, 0) is 0 Å². The van der Waals surface area contributed by atoms with Crippen LogP contribution in [0, 0.1) is 12.8 Å². The quantitative estimate of drug-likeness (QED) is 0.839. The van der Waals surface area contributed by atoms with Crippen molar-refractivity contribution in [3.05, 3.63) is 29.6 Å². The molecule has 1 aromatic rings. The molecule has 0 spiro atoms. The highest BCUT2D eigenvalue weighted by atomic mass is 32.1. The molecule has 0 bridgehead atoms. The third-order valence-electron chi connectivity index (χ3n) is 4.50. The lowest BCUT2D eigenvalue weighted by Gasteiger charge is -2.40. The van der Waals surface area contributed by atoms with Crippen molar-refractivity contribution in [2.75, 3.05) is 0 Å². The number of aromatic nitrogens is 1. The van der Waals surface area contributed by atoms with Gasteiger partial charge in [0.2, 0.25) is 0 Å². The van der Waals surface area contributed by atoms with Crippen molar-refractivity contribution >= 4 is 23.1 Å². The van der Waals surface area contributed by atoms with Gasteiger partial charge < -0.3 is 11.1 Å². The van der Waals surface area contributed by atoms with E-state index in [1.807, 2.05) is 13.0 Å². The van der Waals surface area contributed by atoms with E-state index >= 15 is 0 Å². The highest BCUT2D eigenvalue weighted by molar-refractivity contribution is 7.80. The summed E-state index contributed by atoms with van der Waals surface area (Å²) in [6.45, 7) is 4.12. The van der Waals surface area contributed by atoms with Gasteiger partial charge in [-0.15, -0.1) is 0 Å². The van der Waals surface area contributed by atoms with Gasteiger partial charge in [-0.25, -0.2) is 0 Å². The summed E-state index contributed by atoms with van der Waals surface area (Å²) in [5.41, 5.74) is 6.93. The minimum Gasteiger partial charge on any atom is -0.391 e. The fourth-order valence-electron chi connectivity index (χ4n) is 2.98. The van der Waals surface area contributed by atoms with Gasteiger partial charge in [-0.3, -0.25) is 9.78 Å². The average Bonchev–Trinajstić information content (AvgIpc) is 2.47. The van der Waals surface area contributed by atoms with Gasteiger partial charge >= 0.3 is 0 Å². The van der Waals surface area contributed by atoms with Crippen LogP contribution < -0.4 is 11.1 Å². The molecule has 0 unspecified atom stereocenters. The number of carbonyl (C=O) groups excluding carboxylic acids is 1. The lowest BCUT2D eigenvalue weighted by Crippen LogP contribution is -2.58. The Morgan fingerprint density at radius 3 is 2.67 bits per heavy atom. The van der Waals surface area contributed by atoms with Gasteiger partial charge in [0.15, 0.2) is 0 Å². The zero-order valence-corrected chi connectivity index (χ0v) is 13.5. The largest absolute Gasteiger partial charge is 0.391 e. The molecule has 0 aliphatic heterocycles. The first-order chi connectivity index (χ1) is 9.97. The fraction of sp³-hybridized carbons (Fsp3) is 0.562. The van der Waals surface area contributed by atoms with Gasteiger partial charge in [-0.05, 0) is 50.2 Å². The second kappa shape index (κ2) is 6.52. The summed E-state index contributed by atoms with van der Waals surface area (Å²) in [5.74, 6) is 0.568. The molecular formula is C16H23N3OS. The standard InChI is InChI=1S/C16H23N3OS/c1-3-12-4-6-16(7-5-12,15(17)21)19-14(20)13-8-11(2)9-18-10-13/h8-10,12H,3-7H2,1-2H3,(H2,17,21)(H,19,20). The van der Waals surface area contributed by atoms with E-state index in [2.05, 4.69) is 17.2 Å². The lowest BCUT2D eigenvalue weighted by molar-refractivity contribution is 0.0898. The monoisotopic (exact) mass is 305 g/mol. The summed E-state index contributed by atoms with van der Waals surface area (Å²) in [5, 5.41) is 3.07.